The zero-order valence-electron chi connectivity index (χ0n) is 20.8. The molecule has 0 saturated heterocycles. The van der Waals surface area contributed by atoms with Crippen molar-refractivity contribution in [3.05, 3.63) is 71.2 Å². The zero-order valence-corrected chi connectivity index (χ0v) is 22.6. The van der Waals surface area contributed by atoms with Crippen LogP contribution in [0.15, 0.2) is 60.8 Å². The molecule has 3 nitrogen and oxygen atoms in total. The largest absolute Gasteiger partial charge is 0.320 e. The maximum absolute atomic E-state index is 13.7. The second kappa shape index (κ2) is 9.73. The number of pyridine rings is 1. The highest BCUT2D eigenvalue weighted by Crippen LogP contribution is 2.41. The summed E-state index contributed by atoms with van der Waals surface area (Å²) in [5.41, 5.74) is 7.58. The molecule has 4 rings (SSSR count). The predicted molar refractivity (Wildman–Crippen MR) is 149 cm³/mol. The molecule has 5 heteroatoms. The molecule has 0 spiro atoms. The summed E-state index contributed by atoms with van der Waals surface area (Å²) in [5.74, 6) is 3.41. The highest BCUT2D eigenvalue weighted by molar-refractivity contribution is 7.20. The number of thiophene rings is 1. The maximum Gasteiger partial charge on any atom is 0.258 e. The molecule has 0 aliphatic carbocycles. The van der Waals surface area contributed by atoms with E-state index in [1.54, 1.807) is 17.5 Å². The van der Waals surface area contributed by atoms with E-state index in [0.29, 0.717) is 27.9 Å². The molecule has 0 aliphatic rings. The van der Waals surface area contributed by atoms with E-state index in [4.69, 9.17) is 0 Å². The number of rotatable bonds is 5. The van der Waals surface area contributed by atoms with Gasteiger partial charge in [-0.25, -0.2) is 0 Å². The fraction of sp³-hybridized carbons (Fsp3) is 0.310. The lowest BCUT2D eigenvalue weighted by molar-refractivity contribution is 0.102. The van der Waals surface area contributed by atoms with E-state index in [1.165, 1.54) is 0 Å². The topological polar surface area (TPSA) is 42.0 Å². The van der Waals surface area contributed by atoms with Gasteiger partial charge < -0.3 is 5.32 Å². The molecule has 0 unspecified atom stereocenters. The minimum atomic E-state index is -1.92. The number of benzene rings is 2. The van der Waals surface area contributed by atoms with Gasteiger partial charge in [-0.2, -0.15) is 0 Å². The number of nitrogens with zero attached hydrogens (tertiary/aromatic N) is 1. The van der Waals surface area contributed by atoms with Crippen LogP contribution in [0.1, 0.15) is 56.8 Å². The molecule has 0 aliphatic heterocycles. The van der Waals surface area contributed by atoms with Gasteiger partial charge in [0, 0.05) is 21.7 Å². The third-order valence-electron chi connectivity index (χ3n) is 6.96. The van der Waals surface area contributed by atoms with Crippen LogP contribution in [-0.2, 0) is 0 Å². The summed E-state index contributed by atoms with van der Waals surface area (Å²) in [4.78, 5) is 19.0. The molecule has 0 bridgehead atoms. The Kier molecular flexibility index (Phi) is 6.93. The molecule has 1 amide bonds. The number of amides is 1. The number of para-hydroxylation sites is 1. The highest BCUT2D eigenvalue weighted by atomic mass is 32.1. The number of aromatic nitrogens is 1. The zero-order chi connectivity index (χ0) is 24.5. The van der Waals surface area contributed by atoms with Crippen LogP contribution in [0.5, 0.6) is 0 Å². The molecule has 1 N–H and O–H groups in total. The van der Waals surface area contributed by atoms with Gasteiger partial charge in [-0.05, 0) is 34.8 Å². The fourth-order valence-corrected chi connectivity index (χ4v) is 11.7. The van der Waals surface area contributed by atoms with E-state index < -0.39 is 8.07 Å². The van der Waals surface area contributed by atoms with Crippen LogP contribution in [0, 0.1) is 11.5 Å². The van der Waals surface area contributed by atoms with Gasteiger partial charge in [0.05, 0.1) is 21.6 Å². The van der Waals surface area contributed by atoms with E-state index in [-0.39, 0.29) is 5.91 Å². The summed E-state index contributed by atoms with van der Waals surface area (Å²) < 4.78 is 1.08. The highest BCUT2D eigenvalue weighted by Gasteiger charge is 2.41. The van der Waals surface area contributed by atoms with E-state index >= 15 is 0 Å². The number of fused-ring (bicyclic) bond motifs is 2. The molecule has 2 aromatic carbocycles. The lowest BCUT2D eigenvalue weighted by Crippen LogP contribution is -2.43. The van der Waals surface area contributed by atoms with Gasteiger partial charge >= 0.3 is 0 Å². The van der Waals surface area contributed by atoms with Crippen molar-refractivity contribution >= 4 is 52.0 Å². The Balaban J connectivity index is 1.83. The van der Waals surface area contributed by atoms with Crippen molar-refractivity contribution in [3.8, 4) is 11.5 Å². The Labute approximate surface area is 207 Å². The third kappa shape index (κ3) is 4.29. The lowest BCUT2D eigenvalue weighted by atomic mass is 10.1. The van der Waals surface area contributed by atoms with Gasteiger partial charge in [-0.15, -0.1) is 16.9 Å². The SMILES string of the molecule is CC(C)[Si](C#Cc1sc2ccccc2c1C(=O)Nc1cccc2cccnc12)(C(C)C)C(C)C. The molecule has 0 atom stereocenters. The number of anilines is 1. The van der Waals surface area contributed by atoms with Crippen molar-refractivity contribution in [2.45, 2.75) is 58.2 Å². The first kappa shape index (κ1) is 24.2. The average Bonchev–Trinajstić information content (AvgIpc) is 3.17. The van der Waals surface area contributed by atoms with Crippen LogP contribution in [0.2, 0.25) is 16.6 Å². The number of carbonyl (C=O) groups excluding carboxylic acids is 1. The van der Waals surface area contributed by atoms with Crippen molar-refractivity contribution in [1.82, 2.24) is 4.98 Å². The summed E-state index contributed by atoms with van der Waals surface area (Å²) in [6, 6.07) is 17.8. The van der Waals surface area contributed by atoms with Crippen molar-refractivity contribution in [1.29, 1.82) is 0 Å². The minimum Gasteiger partial charge on any atom is -0.320 e. The van der Waals surface area contributed by atoms with E-state index in [9.17, 15) is 4.79 Å². The Morgan fingerprint density at radius 1 is 0.912 bits per heavy atom. The van der Waals surface area contributed by atoms with Gasteiger partial charge in [0.25, 0.3) is 5.91 Å². The first-order valence-electron chi connectivity index (χ1n) is 12.0. The first-order chi connectivity index (χ1) is 16.3. The predicted octanol–water partition coefficient (Wildman–Crippen LogP) is 8.27. The number of carbonyl (C=O) groups is 1. The van der Waals surface area contributed by atoms with Gasteiger partial charge in [-0.1, -0.05) is 83.9 Å². The second-order valence-corrected chi connectivity index (χ2v) is 16.4. The van der Waals surface area contributed by atoms with Gasteiger partial charge in [0.15, 0.2) is 0 Å². The van der Waals surface area contributed by atoms with Crippen LogP contribution in [0.3, 0.4) is 0 Å². The van der Waals surface area contributed by atoms with E-state index in [0.717, 1.165) is 25.9 Å². The molecule has 2 heterocycles. The quantitative estimate of drug-likeness (QED) is 0.229. The Morgan fingerprint density at radius 3 is 2.29 bits per heavy atom. The fourth-order valence-electron chi connectivity index (χ4n) is 5.35. The molecule has 34 heavy (non-hydrogen) atoms. The molecular weight excluding hydrogens is 452 g/mol. The number of hydrogen-bond acceptors (Lipinski definition) is 3. The molecule has 0 fully saturated rings. The lowest BCUT2D eigenvalue weighted by Gasteiger charge is -2.38. The minimum absolute atomic E-state index is 0.134. The van der Waals surface area contributed by atoms with Crippen LogP contribution in [0.25, 0.3) is 21.0 Å². The average molecular weight is 485 g/mol. The molecule has 0 saturated carbocycles. The third-order valence-corrected chi connectivity index (χ3v) is 14.3. The summed E-state index contributed by atoms with van der Waals surface area (Å²) in [5, 5.41) is 5.08. The standard InChI is InChI=1S/C29H32N2OSSi/c1-19(2)34(20(3)4,21(5)6)18-16-26-27(23-13-7-8-15-25(23)33-26)29(32)31-24-14-9-11-22-12-10-17-30-28(22)24/h7-15,17,19-21H,1-6H3,(H,31,32). The molecule has 0 radical (unpaired) electrons. The number of hydrogen-bond donors (Lipinski definition) is 1. The Hall–Kier alpha value is -2.94. The van der Waals surface area contributed by atoms with Crippen LogP contribution in [-0.4, -0.2) is 19.0 Å². The summed E-state index contributed by atoms with van der Waals surface area (Å²) in [6.45, 7) is 13.9. The van der Waals surface area contributed by atoms with Gasteiger partial charge in [0.1, 0.15) is 8.07 Å². The van der Waals surface area contributed by atoms with Gasteiger partial charge in [0.2, 0.25) is 0 Å². The smallest absolute Gasteiger partial charge is 0.258 e. The van der Waals surface area contributed by atoms with Crippen molar-refractivity contribution in [2.75, 3.05) is 5.32 Å². The van der Waals surface area contributed by atoms with Crippen LogP contribution >= 0.6 is 11.3 Å². The van der Waals surface area contributed by atoms with Crippen molar-refractivity contribution in [2.24, 2.45) is 0 Å². The van der Waals surface area contributed by atoms with Crippen LogP contribution < -0.4 is 5.32 Å². The van der Waals surface area contributed by atoms with Crippen molar-refractivity contribution in [3.63, 3.8) is 0 Å². The second-order valence-electron chi connectivity index (χ2n) is 9.78. The van der Waals surface area contributed by atoms with Crippen molar-refractivity contribution < 1.29 is 4.79 Å². The normalized spacial score (nSPS) is 11.9. The first-order valence-corrected chi connectivity index (χ1v) is 15.0. The number of nitrogens with one attached hydrogen (secondary N) is 1. The summed E-state index contributed by atoms with van der Waals surface area (Å²) in [7, 11) is -1.92. The Morgan fingerprint density at radius 2 is 1.59 bits per heavy atom. The molecule has 174 valence electrons. The van der Waals surface area contributed by atoms with E-state index in [1.807, 2.05) is 48.5 Å². The Bertz CT molecular complexity index is 1380. The van der Waals surface area contributed by atoms with E-state index in [2.05, 4.69) is 69.4 Å². The van der Waals surface area contributed by atoms with Gasteiger partial charge in [-0.3, -0.25) is 9.78 Å². The molecule has 4 aromatic rings. The monoisotopic (exact) mass is 484 g/mol. The summed E-state index contributed by atoms with van der Waals surface area (Å²) >= 11 is 1.61. The molecule has 2 aromatic heterocycles. The molecular formula is C29H32N2OSSi. The van der Waals surface area contributed by atoms with Crippen LogP contribution in [0.4, 0.5) is 5.69 Å². The summed E-state index contributed by atoms with van der Waals surface area (Å²) in [6.07, 6.45) is 1.75. The maximum atomic E-state index is 13.7.